The molecule has 0 bridgehead atoms. The van der Waals surface area contributed by atoms with Crippen molar-refractivity contribution in [3.63, 3.8) is 0 Å². The summed E-state index contributed by atoms with van der Waals surface area (Å²) in [4.78, 5) is 0. The molecule has 6 heteroatoms. The van der Waals surface area contributed by atoms with Crippen LogP contribution in [0.2, 0.25) is 15.1 Å². The second-order valence-corrected chi connectivity index (χ2v) is 7.07. The van der Waals surface area contributed by atoms with Crippen LogP contribution in [-0.2, 0) is 13.2 Å². The number of rotatable bonds is 8. The molecule has 0 aliphatic carbocycles. The lowest BCUT2D eigenvalue weighted by atomic mass is 10.2. The zero-order valence-electron chi connectivity index (χ0n) is 14.5. The predicted octanol–water partition coefficient (Wildman–Crippen LogP) is 6.12. The molecule has 1 N–H and O–H groups in total. The third kappa shape index (κ3) is 5.68. The molecule has 0 aromatic heterocycles. The molecule has 25 heavy (non-hydrogen) atoms. The van der Waals surface area contributed by atoms with Gasteiger partial charge in [0, 0.05) is 39.3 Å². The van der Waals surface area contributed by atoms with Crippen molar-refractivity contribution in [2.24, 2.45) is 0 Å². The number of hydrogen-bond acceptors (Lipinski definition) is 3. The Kier molecular flexibility index (Phi) is 7.70. The molecule has 0 radical (unpaired) electrons. The smallest absolute Gasteiger partial charge is 0.163 e. The normalized spacial score (nSPS) is 11.0. The predicted molar refractivity (Wildman–Crippen MR) is 105 cm³/mol. The lowest BCUT2D eigenvalue weighted by molar-refractivity contribution is 0.269. The quantitative estimate of drug-likeness (QED) is 0.576. The van der Waals surface area contributed by atoms with E-state index in [0.717, 1.165) is 11.1 Å². The van der Waals surface area contributed by atoms with Gasteiger partial charge in [0.25, 0.3) is 0 Å². The first-order chi connectivity index (χ1) is 11.9. The lowest BCUT2D eigenvalue weighted by Gasteiger charge is -2.16. The van der Waals surface area contributed by atoms with Gasteiger partial charge in [-0.15, -0.1) is 0 Å². The fraction of sp³-hybridized carbons (Fsp3) is 0.368. The van der Waals surface area contributed by atoms with Crippen LogP contribution in [-0.4, -0.2) is 12.6 Å². The van der Waals surface area contributed by atoms with E-state index < -0.39 is 0 Å². The van der Waals surface area contributed by atoms with E-state index in [0.29, 0.717) is 45.8 Å². The Morgan fingerprint density at radius 1 is 0.960 bits per heavy atom. The largest absolute Gasteiger partial charge is 0.490 e. The Hall–Kier alpha value is -1.13. The second-order valence-electron chi connectivity index (χ2n) is 5.85. The molecular weight excluding hydrogens is 381 g/mol. The molecule has 0 aliphatic heterocycles. The first kappa shape index (κ1) is 20.2. The van der Waals surface area contributed by atoms with E-state index in [9.17, 15) is 0 Å². The van der Waals surface area contributed by atoms with Gasteiger partial charge in [-0.2, -0.15) is 0 Å². The van der Waals surface area contributed by atoms with Crippen molar-refractivity contribution in [3.8, 4) is 11.5 Å². The highest BCUT2D eigenvalue weighted by molar-refractivity contribution is 6.36. The number of benzene rings is 2. The maximum absolute atomic E-state index is 6.40. The van der Waals surface area contributed by atoms with E-state index >= 15 is 0 Å². The Bertz CT molecular complexity index is 700. The third-order valence-corrected chi connectivity index (χ3v) is 4.61. The summed E-state index contributed by atoms with van der Waals surface area (Å²) in [6.07, 6.45) is 0. The Labute approximate surface area is 164 Å². The SMILES string of the molecule is CCOc1cc(CNC(C)C)c(Cl)cc1OCc1c(Cl)cccc1Cl. The van der Waals surface area contributed by atoms with Gasteiger partial charge in [0.05, 0.1) is 6.61 Å². The van der Waals surface area contributed by atoms with E-state index in [1.54, 1.807) is 24.3 Å². The van der Waals surface area contributed by atoms with Gasteiger partial charge >= 0.3 is 0 Å². The Morgan fingerprint density at radius 2 is 1.60 bits per heavy atom. The van der Waals surface area contributed by atoms with Gasteiger partial charge in [-0.1, -0.05) is 54.7 Å². The van der Waals surface area contributed by atoms with Gasteiger partial charge < -0.3 is 14.8 Å². The van der Waals surface area contributed by atoms with Crippen LogP contribution in [0.25, 0.3) is 0 Å². The highest BCUT2D eigenvalue weighted by Crippen LogP contribution is 2.35. The van der Waals surface area contributed by atoms with E-state index in [1.165, 1.54) is 0 Å². The summed E-state index contributed by atoms with van der Waals surface area (Å²) in [5, 5.41) is 5.10. The number of halogens is 3. The fourth-order valence-corrected chi connectivity index (χ4v) is 2.96. The van der Waals surface area contributed by atoms with Crippen LogP contribution in [0, 0.1) is 0 Å². The maximum Gasteiger partial charge on any atom is 0.163 e. The second kappa shape index (κ2) is 9.54. The molecular formula is C19H22Cl3NO2. The minimum Gasteiger partial charge on any atom is -0.490 e. The van der Waals surface area contributed by atoms with E-state index in [2.05, 4.69) is 19.2 Å². The topological polar surface area (TPSA) is 30.5 Å². The molecule has 0 saturated carbocycles. The van der Waals surface area contributed by atoms with Crippen molar-refractivity contribution >= 4 is 34.8 Å². The molecule has 2 aromatic carbocycles. The molecule has 0 saturated heterocycles. The van der Waals surface area contributed by atoms with Crippen molar-refractivity contribution in [1.82, 2.24) is 5.32 Å². The molecule has 0 amide bonds. The molecule has 2 rings (SSSR count). The Balaban J connectivity index is 2.22. The minimum absolute atomic E-state index is 0.235. The van der Waals surface area contributed by atoms with Gasteiger partial charge in [-0.3, -0.25) is 0 Å². The van der Waals surface area contributed by atoms with Crippen molar-refractivity contribution in [1.29, 1.82) is 0 Å². The molecule has 2 aromatic rings. The van der Waals surface area contributed by atoms with Crippen molar-refractivity contribution in [3.05, 3.63) is 56.5 Å². The summed E-state index contributed by atoms with van der Waals surface area (Å²) in [5.41, 5.74) is 1.69. The van der Waals surface area contributed by atoms with Crippen LogP contribution in [0.15, 0.2) is 30.3 Å². The average Bonchev–Trinajstić information content (AvgIpc) is 2.55. The maximum atomic E-state index is 6.40. The third-order valence-electron chi connectivity index (χ3n) is 3.55. The standard InChI is InChI=1S/C19H22Cl3NO2/c1-4-24-18-8-13(10-23-12(2)3)17(22)9-19(18)25-11-14-15(20)6-5-7-16(14)21/h5-9,12,23H,4,10-11H2,1-3H3. The zero-order chi connectivity index (χ0) is 18.4. The molecule has 3 nitrogen and oxygen atoms in total. The van der Waals surface area contributed by atoms with Gasteiger partial charge in [0.2, 0.25) is 0 Å². The van der Waals surface area contributed by atoms with Gasteiger partial charge in [0.1, 0.15) is 6.61 Å². The van der Waals surface area contributed by atoms with Crippen LogP contribution in [0.1, 0.15) is 31.9 Å². The van der Waals surface area contributed by atoms with E-state index in [1.807, 2.05) is 13.0 Å². The summed E-state index contributed by atoms with van der Waals surface area (Å²) in [6, 6.07) is 9.41. The molecule has 0 aliphatic rings. The molecule has 136 valence electrons. The number of ether oxygens (including phenoxy) is 2. The monoisotopic (exact) mass is 401 g/mol. The highest BCUT2D eigenvalue weighted by atomic mass is 35.5. The van der Waals surface area contributed by atoms with Crippen molar-refractivity contribution in [2.75, 3.05) is 6.61 Å². The van der Waals surface area contributed by atoms with Gasteiger partial charge in [-0.05, 0) is 30.7 Å². The molecule has 0 spiro atoms. The zero-order valence-corrected chi connectivity index (χ0v) is 16.8. The van der Waals surface area contributed by atoms with Crippen LogP contribution in [0.4, 0.5) is 0 Å². The minimum atomic E-state index is 0.235. The molecule has 0 unspecified atom stereocenters. The summed E-state index contributed by atoms with van der Waals surface area (Å²) < 4.78 is 11.6. The van der Waals surface area contributed by atoms with E-state index in [-0.39, 0.29) is 6.61 Å². The summed E-state index contributed by atoms with van der Waals surface area (Å²) >= 11 is 18.8. The van der Waals surface area contributed by atoms with Gasteiger partial charge in [-0.25, -0.2) is 0 Å². The van der Waals surface area contributed by atoms with Gasteiger partial charge in [0.15, 0.2) is 11.5 Å². The van der Waals surface area contributed by atoms with Crippen molar-refractivity contribution < 1.29 is 9.47 Å². The molecule has 0 fully saturated rings. The Morgan fingerprint density at radius 3 is 2.20 bits per heavy atom. The fourth-order valence-electron chi connectivity index (χ4n) is 2.23. The van der Waals surface area contributed by atoms with E-state index in [4.69, 9.17) is 44.3 Å². The first-order valence-corrected chi connectivity index (χ1v) is 9.30. The summed E-state index contributed by atoms with van der Waals surface area (Å²) in [6.45, 7) is 7.52. The highest BCUT2D eigenvalue weighted by Gasteiger charge is 2.13. The summed E-state index contributed by atoms with van der Waals surface area (Å²) in [7, 11) is 0. The van der Waals surface area contributed by atoms with Crippen LogP contribution >= 0.6 is 34.8 Å². The molecule has 0 heterocycles. The molecule has 0 atom stereocenters. The first-order valence-electron chi connectivity index (χ1n) is 8.16. The summed E-state index contributed by atoms with van der Waals surface area (Å²) in [5.74, 6) is 1.21. The lowest BCUT2D eigenvalue weighted by Crippen LogP contribution is -2.22. The average molecular weight is 403 g/mol. The number of hydrogen-bond donors (Lipinski definition) is 1. The van der Waals surface area contributed by atoms with Crippen molar-refractivity contribution in [2.45, 2.75) is 40.0 Å². The van der Waals surface area contributed by atoms with Crippen LogP contribution in [0.5, 0.6) is 11.5 Å². The van der Waals surface area contributed by atoms with Crippen LogP contribution < -0.4 is 14.8 Å². The number of nitrogens with one attached hydrogen (secondary N) is 1. The van der Waals surface area contributed by atoms with Crippen LogP contribution in [0.3, 0.4) is 0 Å².